The van der Waals surface area contributed by atoms with Crippen molar-refractivity contribution in [3.05, 3.63) is 46.4 Å². The minimum Gasteiger partial charge on any atom is -0.493 e. The first-order valence-electron chi connectivity index (χ1n) is 8.25. The van der Waals surface area contributed by atoms with Crippen LogP contribution in [0.15, 0.2) is 35.8 Å². The number of para-hydroxylation sites is 1. The van der Waals surface area contributed by atoms with Gasteiger partial charge in [0.25, 0.3) is 0 Å². The van der Waals surface area contributed by atoms with Crippen LogP contribution in [0, 0.1) is 0 Å². The van der Waals surface area contributed by atoms with Crippen LogP contribution < -0.4 is 10.1 Å². The van der Waals surface area contributed by atoms with Gasteiger partial charge < -0.3 is 15.0 Å². The van der Waals surface area contributed by atoms with E-state index in [1.165, 1.54) is 5.56 Å². The zero-order valence-corrected chi connectivity index (χ0v) is 14.9. The highest BCUT2D eigenvalue weighted by molar-refractivity contribution is 7.09. The standard InChI is InChI=1S/C18H23N3O2S/c1-13(17-19-8-10-24-17)12-21(2)18(22)20-11-14-7-9-23-16-6-4-3-5-15(14)16/h3-6,8,10,13-14H,7,9,11-12H2,1-2H3,(H,20,22). The van der Waals surface area contributed by atoms with Crippen LogP contribution in [0.5, 0.6) is 5.75 Å². The minimum atomic E-state index is -0.0395. The summed E-state index contributed by atoms with van der Waals surface area (Å²) in [6.07, 6.45) is 2.73. The van der Waals surface area contributed by atoms with E-state index in [4.69, 9.17) is 4.74 Å². The molecule has 2 heterocycles. The summed E-state index contributed by atoms with van der Waals surface area (Å²) in [5.74, 6) is 1.49. The lowest BCUT2D eigenvalue weighted by Crippen LogP contribution is -2.41. The normalized spacial score (nSPS) is 17.5. The molecule has 128 valence electrons. The third-order valence-electron chi connectivity index (χ3n) is 4.35. The van der Waals surface area contributed by atoms with E-state index in [1.54, 1.807) is 22.4 Å². The predicted octanol–water partition coefficient (Wildman–Crippen LogP) is 3.45. The maximum absolute atomic E-state index is 12.4. The monoisotopic (exact) mass is 345 g/mol. The number of nitrogens with zero attached hydrogens (tertiary/aromatic N) is 2. The fourth-order valence-corrected chi connectivity index (χ4v) is 3.71. The molecule has 24 heavy (non-hydrogen) atoms. The number of ether oxygens (including phenoxy) is 1. The Bertz CT molecular complexity index is 675. The second-order valence-corrected chi connectivity index (χ2v) is 7.14. The Hall–Kier alpha value is -2.08. The third kappa shape index (κ3) is 3.87. The quantitative estimate of drug-likeness (QED) is 0.903. The van der Waals surface area contributed by atoms with Gasteiger partial charge in [-0.2, -0.15) is 0 Å². The summed E-state index contributed by atoms with van der Waals surface area (Å²) in [4.78, 5) is 18.4. The van der Waals surface area contributed by atoms with Crippen molar-refractivity contribution in [2.75, 3.05) is 26.7 Å². The number of nitrogens with one attached hydrogen (secondary N) is 1. The fraction of sp³-hybridized carbons (Fsp3) is 0.444. The smallest absolute Gasteiger partial charge is 0.317 e. The van der Waals surface area contributed by atoms with Crippen LogP contribution in [0.4, 0.5) is 4.79 Å². The summed E-state index contributed by atoms with van der Waals surface area (Å²) in [6, 6.07) is 8.03. The lowest BCUT2D eigenvalue weighted by Gasteiger charge is -2.27. The Labute approximate surface area is 146 Å². The Morgan fingerprint density at radius 1 is 1.50 bits per heavy atom. The number of hydrogen-bond donors (Lipinski definition) is 1. The number of thiazole rings is 1. The molecule has 1 aromatic heterocycles. The summed E-state index contributed by atoms with van der Waals surface area (Å²) in [5.41, 5.74) is 1.18. The molecule has 1 N–H and O–H groups in total. The van der Waals surface area contributed by atoms with E-state index in [0.717, 1.165) is 17.2 Å². The second kappa shape index (κ2) is 7.66. The Balaban J connectivity index is 1.52. The number of carbonyl (C=O) groups is 1. The molecule has 3 rings (SSSR count). The SMILES string of the molecule is CC(CN(C)C(=O)NCC1CCOc2ccccc21)c1nccs1. The van der Waals surface area contributed by atoms with Gasteiger partial charge in [0.2, 0.25) is 0 Å². The molecule has 0 aliphatic carbocycles. The second-order valence-electron chi connectivity index (χ2n) is 6.21. The summed E-state index contributed by atoms with van der Waals surface area (Å²) in [5, 5.41) is 6.09. The third-order valence-corrected chi connectivity index (χ3v) is 5.36. The number of aromatic nitrogens is 1. The van der Waals surface area contributed by atoms with E-state index in [0.29, 0.717) is 25.6 Å². The number of rotatable bonds is 5. The molecule has 0 fully saturated rings. The van der Waals surface area contributed by atoms with Crippen molar-refractivity contribution in [1.82, 2.24) is 15.2 Å². The van der Waals surface area contributed by atoms with Gasteiger partial charge in [-0.1, -0.05) is 25.1 Å². The van der Waals surface area contributed by atoms with E-state index in [-0.39, 0.29) is 11.9 Å². The van der Waals surface area contributed by atoms with E-state index >= 15 is 0 Å². The summed E-state index contributed by atoms with van der Waals surface area (Å²) in [6.45, 7) is 4.09. The summed E-state index contributed by atoms with van der Waals surface area (Å²) in [7, 11) is 1.83. The highest BCUT2D eigenvalue weighted by atomic mass is 32.1. The van der Waals surface area contributed by atoms with Gasteiger partial charge in [-0.3, -0.25) is 0 Å². The molecule has 0 spiro atoms. The van der Waals surface area contributed by atoms with Gasteiger partial charge in [0.05, 0.1) is 11.6 Å². The van der Waals surface area contributed by atoms with Crippen LogP contribution in [-0.2, 0) is 0 Å². The average Bonchev–Trinajstić information content (AvgIpc) is 3.14. The minimum absolute atomic E-state index is 0.0395. The van der Waals surface area contributed by atoms with Crippen molar-refractivity contribution >= 4 is 17.4 Å². The molecule has 2 amide bonds. The number of urea groups is 1. The van der Waals surface area contributed by atoms with Crippen molar-refractivity contribution in [3.8, 4) is 5.75 Å². The fourth-order valence-electron chi connectivity index (χ4n) is 3.02. The first kappa shape index (κ1) is 16.8. The molecule has 2 atom stereocenters. The van der Waals surface area contributed by atoms with Crippen LogP contribution in [0.1, 0.15) is 35.8 Å². The number of amides is 2. The van der Waals surface area contributed by atoms with E-state index in [9.17, 15) is 4.79 Å². The Kier molecular flexibility index (Phi) is 5.35. The van der Waals surface area contributed by atoms with E-state index in [2.05, 4.69) is 23.3 Å². The lowest BCUT2D eigenvalue weighted by atomic mass is 9.93. The maximum Gasteiger partial charge on any atom is 0.317 e. The van der Waals surface area contributed by atoms with Gasteiger partial charge in [0, 0.05) is 43.5 Å². The van der Waals surface area contributed by atoms with Crippen molar-refractivity contribution in [2.24, 2.45) is 0 Å². The Morgan fingerprint density at radius 3 is 3.12 bits per heavy atom. The molecular formula is C18H23N3O2S. The molecule has 0 bridgehead atoms. The van der Waals surface area contributed by atoms with E-state index in [1.807, 2.05) is 30.6 Å². The number of hydrogen-bond acceptors (Lipinski definition) is 4. The molecule has 5 nitrogen and oxygen atoms in total. The van der Waals surface area contributed by atoms with Gasteiger partial charge in [-0.25, -0.2) is 9.78 Å². The molecule has 2 unspecified atom stereocenters. The first-order chi connectivity index (χ1) is 11.6. The molecule has 2 aromatic rings. The van der Waals surface area contributed by atoms with Gasteiger partial charge in [0.15, 0.2) is 0 Å². The van der Waals surface area contributed by atoms with Crippen molar-refractivity contribution in [2.45, 2.75) is 25.2 Å². The van der Waals surface area contributed by atoms with Crippen molar-refractivity contribution in [3.63, 3.8) is 0 Å². The number of carbonyl (C=O) groups excluding carboxylic acids is 1. The molecule has 0 saturated carbocycles. The van der Waals surface area contributed by atoms with Crippen molar-refractivity contribution in [1.29, 1.82) is 0 Å². The van der Waals surface area contributed by atoms with Crippen LogP contribution in [-0.4, -0.2) is 42.7 Å². The molecule has 1 aliphatic heterocycles. The highest BCUT2D eigenvalue weighted by Crippen LogP contribution is 2.32. The number of likely N-dealkylation sites (N-methyl/N-ethyl adjacent to an activating group) is 1. The highest BCUT2D eigenvalue weighted by Gasteiger charge is 2.22. The van der Waals surface area contributed by atoms with Crippen LogP contribution in [0.2, 0.25) is 0 Å². The molecule has 0 radical (unpaired) electrons. The lowest BCUT2D eigenvalue weighted by molar-refractivity contribution is 0.203. The van der Waals surface area contributed by atoms with Gasteiger partial charge in [0.1, 0.15) is 5.75 Å². The van der Waals surface area contributed by atoms with Gasteiger partial charge >= 0.3 is 6.03 Å². The summed E-state index contributed by atoms with van der Waals surface area (Å²) < 4.78 is 5.67. The van der Waals surface area contributed by atoms with Crippen molar-refractivity contribution < 1.29 is 9.53 Å². The van der Waals surface area contributed by atoms with Crippen LogP contribution in [0.3, 0.4) is 0 Å². The zero-order chi connectivity index (χ0) is 16.9. The average molecular weight is 345 g/mol. The predicted molar refractivity (Wildman–Crippen MR) is 95.9 cm³/mol. The first-order valence-corrected chi connectivity index (χ1v) is 9.13. The molecule has 6 heteroatoms. The number of fused-ring (bicyclic) bond motifs is 1. The van der Waals surface area contributed by atoms with Crippen LogP contribution in [0.25, 0.3) is 0 Å². The van der Waals surface area contributed by atoms with Crippen LogP contribution >= 0.6 is 11.3 Å². The summed E-state index contributed by atoms with van der Waals surface area (Å²) >= 11 is 1.63. The van der Waals surface area contributed by atoms with Gasteiger partial charge in [-0.05, 0) is 18.1 Å². The molecule has 0 saturated heterocycles. The molecule has 1 aliphatic rings. The van der Waals surface area contributed by atoms with E-state index < -0.39 is 0 Å². The van der Waals surface area contributed by atoms with Gasteiger partial charge in [-0.15, -0.1) is 11.3 Å². The Morgan fingerprint density at radius 2 is 2.33 bits per heavy atom. The number of benzene rings is 1. The zero-order valence-electron chi connectivity index (χ0n) is 14.1. The largest absolute Gasteiger partial charge is 0.493 e. The topological polar surface area (TPSA) is 54.5 Å². The molecule has 1 aromatic carbocycles. The maximum atomic E-state index is 12.4. The molecular weight excluding hydrogens is 322 g/mol.